The third-order valence-corrected chi connectivity index (χ3v) is 4.69. The molecule has 0 N–H and O–H groups in total. The minimum atomic E-state index is -4.80. The van der Waals surface area contributed by atoms with E-state index >= 15 is 0 Å². The highest BCUT2D eigenvalue weighted by Crippen LogP contribution is 2.26. The number of hydrogen-bond donors (Lipinski definition) is 0. The Morgan fingerprint density at radius 1 is 1.22 bits per heavy atom. The van der Waals surface area contributed by atoms with Gasteiger partial charge in [-0.05, 0) is 32.0 Å². The number of para-hydroxylation sites is 1. The molecule has 0 aliphatic heterocycles. The monoisotopic (exact) mass is 469 g/mol. The largest absolute Gasteiger partial charge is 0.573 e. The van der Waals surface area contributed by atoms with Crippen LogP contribution in [0, 0.1) is 0 Å². The molecule has 0 fully saturated rings. The van der Waals surface area contributed by atoms with Crippen LogP contribution in [0.5, 0.6) is 11.6 Å². The number of carbonyl (C=O) groups excluding carboxylic acids is 1. The van der Waals surface area contributed by atoms with Gasteiger partial charge in [0.1, 0.15) is 18.0 Å². The molecular weight excluding hydrogens is 451 g/mol. The summed E-state index contributed by atoms with van der Waals surface area (Å²) in [5.41, 5.74) is 0.673. The minimum absolute atomic E-state index is 0.0575. The van der Waals surface area contributed by atoms with E-state index in [0.717, 1.165) is 12.3 Å². The first kappa shape index (κ1) is 23.3. The van der Waals surface area contributed by atoms with Crippen molar-refractivity contribution in [3.8, 4) is 17.3 Å². The molecule has 0 saturated heterocycles. The Balaban J connectivity index is 1.71. The van der Waals surface area contributed by atoms with Gasteiger partial charge >= 0.3 is 6.36 Å². The van der Waals surface area contributed by atoms with Crippen LogP contribution in [0.2, 0.25) is 5.02 Å². The van der Waals surface area contributed by atoms with Gasteiger partial charge in [-0.1, -0.05) is 17.7 Å². The number of nitrogens with zero attached hydrogens (tertiary/aromatic N) is 5. The standard InChI is InChI=1S/C20H19ClF3N5O3/c1-3-28(13(2)12-31-17-8-7-14(11-25-17)32-20(22,23)24)19(30)15-5-4-6-16(21)18(15)29-26-9-10-27-29/h4-11,13H,3,12H2,1-2H3/t13-/m0/s1. The van der Waals surface area contributed by atoms with E-state index in [1.165, 1.54) is 23.3 Å². The third-order valence-electron chi connectivity index (χ3n) is 4.38. The number of halogens is 4. The molecule has 170 valence electrons. The molecule has 3 aromatic rings. The fourth-order valence-corrected chi connectivity index (χ4v) is 3.22. The molecule has 0 saturated carbocycles. The lowest BCUT2D eigenvalue weighted by Gasteiger charge is -2.28. The van der Waals surface area contributed by atoms with Crippen LogP contribution in [0.15, 0.2) is 48.9 Å². The first-order chi connectivity index (χ1) is 15.2. The molecular formula is C20H19ClF3N5O3. The van der Waals surface area contributed by atoms with Gasteiger partial charge in [-0.15, -0.1) is 18.0 Å². The van der Waals surface area contributed by atoms with Gasteiger partial charge in [0.2, 0.25) is 5.88 Å². The maximum absolute atomic E-state index is 13.3. The molecule has 0 radical (unpaired) electrons. The average molecular weight is 470 g/mol. The number of hydrogen-bond acceptors (Lipinski definition) is 6. The summed E-state index contributed by atoms with van der Waals surface area (Å²) in [5.74, 6) is -0.664. The first-order valence-corrected chi connectivity index (χ1v) is 9.88. The van der Waals surface area contributed by atoms with Crippen LogP contribution in [-0.2, 0) is 0 Å². The lowest BCUT2D eigenvalue weighted by molar-refractivity contribution is -0.274. The van der Waals surface area contributed by atoms with E-state index in [-0.39, 0.29) is 18.4 Å². The number of alkyl halides is 3. The smallest absolute Gasteiger partial charge is 0.475 e. The van der Waals surface area contributed by atoms with Crippen molar-refractivity contribution in [2.24, 2.45) is 0 Å². The lowest BCUT2D eigenvalue weighted by Crippen LogP contribution is -2.42. The Hall–Kier alpha value is -3.34. The Morgan fingerprint density at radius 3 is 2.53 bits per heavy atom. The predicted octanol–water partition coefficient (Wildman–Crippen LogP) is 4.14. The van der Waals surface area contributed by atoms with Crippen LogP contribution in [0.3, 0.4) is 0 Å². The van der Waals surface area contributed by atoms with Crippen LogP contribution in [0.1, 0.15) is 24.2 Å². The van der Waals surface area contributed by atoms with Gasteiger partial charge in [0.25, 0.3) is 5.91 Å². The van der Waals surface area contributed by atoms with Crippen molar-refractivity contribution in [1.29, 1.82) is 0 Å². The van der Waals surface area contributed by atoms with Gasteiger partial charge < -0.3 is 14.4 Å². The van der Waals surface area contributed by atoms with E-state index in [1.54, 1.807) is 30.0 Å². The van der Waals surface area contributed by atoms with Crippen molar-refractivity contribution in [1.82, 2.24) is 24.9 Å². The fraction of sp³-hybridized carbons (Fsp3) is 0.300. The molecule has 8 nitrogen and oxygen atoms in total. The number of ether oxygens (including phenoxy) is 2. The Kier molecular flexibility index (Phi) is 7.18. The Labute approximate surface area is 186 Å². The molecule has 0 aliphatic carbocycles. The van der Waals surface area contributed by atoms with Crippen LogP contribution in [0.25, 0.3) is 5.69 Å². The number of carbonyl (C=O) groups is 1. The molecule has 1 atom stereocenters. The Bertz CT molecular complexity index is 1050. The van der Waals surface area contributed by atoms with Crippen molar-refractivity contribution < 1.29 is 27.4 Å². The first-order valence-electron chi connectivity index (χ1n) is 9.50. The van der Waals surface area contributed by atoms with Crippen LogP contribution in [0.4, 0.5) is 13.2 Å². The zero-order valence-corrected chi connectivity index (χ0v) is 17.8. The maximum atomic E-state index is 13.3. The number of benzene rings is 1. The maximum Gasteiger partial charge on any atom is 0.573 e. The summed E-state index contributed by atoms with van der Waals surface area (Å²) in [6.07, 6.45) is -0.940. The zero-order valence-electron chi connectivity index (χ0n) is 17.1. The molecule has 1 amide bonds. The SMILES string of the molecule is CCN(C(=O)c1cccc(Cl)c1-n1nccn1)[C@@H](C)COc1ccc(OC(F)(F)F)cn1. The van der Waals surface area contributed by atoms with E-state index in [1.807, 2.05) is 6.92 Å². The second kappa shape index (κ2) is 9.86. The highest BCUT2D eigenvalue weighted by molar-refractivity contribution is 6.33. The molecule has 2 aromatic heterocycles. The van der Waals surface area contributed by atoms with Gasteiger partial charge in [0.15, 0.2) is 0 Å². The molecule has 2 heterocycles. The molecule has 0 unspecified atom stereocenters. The Morgan fingerprint density at radius 2 is 1.94 bits per heavy atom. The molecule has 0 spiro atoms. The second-order valence-corrected chi connectivity index (χ2v) is 6.99. The van der Waals surface area contributed by atoms with Gasteiger partial charge in [-0.3, -0.25) is 4.79 Å². The van der Waals surface area contributed by atoms with Crippen molar-refractivity contribution in [3.05, 3.63) is 59.5 Å². The fourth-order valence-electron chi connectivity index (χ4n) is 2.97. The number of rotatable bonds is 8. The van der Waals surface area contributed by atoms with Gasteiger partial charge in [-0.2, -0.15) is 10.2 Å². The number of likely N-dealkylation sites (N-methyl/N-ethyl adjacent to an activating group) is 1. The van der Waals surface area contributed by atoms with E-state index in [2.05, 4.69) is 19.9 Å². The summed E-state index contributed by atoms with van der Waals surface area (Å²) in [4.78, 5) is 19.9. The molecule has 0 aliphatic rings. The van der Waals surface area contributed by atoms with E-state index in [0.29, 0.717) is 22.8 Å². The summed E-state index contributed by atoms with van der Waals surface area (Å²) >= 11 is 6.30. The predicted molar refractivity (Wildman–Crippen MR) is 109 cm³/mol. The summed E-state index contributed by atoms with van der Waals surface area (Å²) in [7, 11) is 0. The second-order valence-electron chi connectivity index (χ2n) is 6.59. The highest BCUT2D eigenvalue weighted by Gasteiger charge is 2.31. The van der Waals surface area contributed by atoms with Gasteiger partial charge in [-0.25, -0.2) is 4.98 Å². The molecule has 0 bridgehead atoms. The molecule has 1 aromatic carbocycles. The van der Waals surface area contributed by atoms with E-state index in [4.69, 9.17) is 16.3 Å². The molecule has 32 heavy (non-hydrogen) atoms. The van der Waals surface area contributed by atoms with Crippen molar-refractivity contribution in [3.63, 3.8) is 0 Å². The molecule has 12 heteroatoms. The van der Waals surface area contributed by atoms with Crippen molar-refractivity contribution in [2.45, 2.75) is 26.3 Å². The summed E-state index contributed by atoms with van der Waals surface area (Å²) in [5, 5.41) is 8.44. The van der Waals surface area contributed by atoms with E-state index < -0.39 is 18.2 Å². The lowest BCUT2D eigenvalue weighted by atomic mass is 10.1. The normalized spacial score (nSPS) is 12.3. The quantitative estimate of drug-likeness (QED) is 0.493. The third kappa shape index (κ3) is 5.67. The number of amides is 1. The van der Waals surface area contributed by atoms with Gasteiger partial charge in [0.05, 0.1) is 35.2 Å². The number of pyridine rings is 1. The highest BCUT2D eigenvalue weighted by atomic mass is 35.5. The average Bonchev–Trinajstić information content (AvgIpc) is 3.26. The summed E-state index contributed by atoms with van der Waals surface area (Å²) in [6, 6.07) is 6.88. The van der Waals surface area contributed by atoms with Crippen LogP contribution < -0.4 is 9.47 Å². The van der Waals surface area contributed by atoms with Gasteiger partial charge in [0, 0.05) is 12.6 Å². The van der Waals surface area contributed by atoms with Crippen molar-refractivity contribution in [2.75, 3.05) is 13.2 Å². The zero-order chi connectivity index (χ0) is 23.3. The van der Waals surface area contributed by atoms with Crippen molar-refractivity contribution >= 4 is 17.5 Å². The van der Waals surface area contributed by atoms with E-state index in [9.17, 15) is 18.0 Å². The summed E-state index contributed by atoms with van der Waals surface area (Å²) in [6.45, 7) is 4.01. The van der Waals surface area contributed by atoms with Crippen LogP contribution in [-0.4, -0.2) is 56.3 Å². The molecule has 3 rings (SSSR count). The summed E-state index contributed by atoms with van der Waals surface area (Å²) < 4.78 is 46.1. The van der Waals surface area contributed by atoms with Crippen LogP contribution >= 0.6 is 11.6 Å². The topological polar surface area (TPSA) is 82.4 Å². The minimum Gasteiger partial charge on any atom is -0.475 e. The number of aromatic nitrogens is 4.